The molecule has 0 radical (unpaired) electrons. The Morgan fingerprint density at radius 3 is 0.306 bits per heavy atom. The molecule has 5 rings (SSSR count). The van der Waals surface area contributed by atoms with Gasteiger partial charge >= 0.3 is 0 Å². The van der Waals surface area contributed by atoms with Gasteiger partial charge in [-0.15, -0.1) is 0 Å². The van der Waals surface area contributed by atoms with Gasteiger partial charge in [-0.1, -0.05) is 271 Å². The fraction of sp³-hybridized carbons (Fsp3) is 1.00. The zero-order valence-corrected chi connectivity index (χ0v) is 65.0. The fourth-order valence-corrected chi connectivity index (χ4v) is 1750. The number of rotatable bonds is 8. The molecular formula is C48H120Si14. The Morgan fingerprint density at radius 2 is 0.242 bits per heavy atom. The SMILES string of the molecule is CC(C)(C)[Si](C)(C)[Si]1([Si](C)(C)C(C)(C)C)[Si]2([Si](C)(C)C(C)(C)C)[Si]3([Si](C)(C)C(C)(C)C)[Si]([Si](C)(C)C(C)(C)C)([Si](C)(C)C(C)(C)C)[Si]2([Si](C)(C)C(C)(C)C)[Si]13[Si](C)(C)C(C)(C)C. The monoisotopic (exact) mass is 1090 g/mol. The first-order valence-corrected chi connectivity index (χ1v) is 78.0. The summed E-state index contributed by atoms with van der Waals surface area (Å²) < 4.78 is 0. The minimum absolute atomic E-state index is 0.452. The van der Waals surface area contributed by atoms with Crippen molar-refractivity contribution in [3.05, 3.63) is 0 Å². The molecule has 0 aromatic carbocycles. The molecule has 0 unspecified atom stereocenters. The Balaban J connectivity index is 3.61. The Labute approximate surface area is 405 Å². The molecule has 0 aromatic heterocycles. The molecule has 4 bridgehead atoms. The summed E-state index contributed by atoms with van der Waals surface area (Å²) in [5, 5.41) is 3.64. The predicted octanol–water partition coefficient (Wildman–Crippen LogP) is 18.0. The van der Waals surface area contributed by atoms with E-state index in [1.165, 1.54) is 0 Å². The molecule has 5 heterocycles. The second-order valence-electron chi connectivity index (χ2n) is 35.5. The van der Waals surface area contributed by atoms with Gasteiger partial charge in [-0.2, -0.15) is 0 Å². The smallest absolute Gasteiger partial charge is 0.0382 e. The molecule has 5 aliphatic heterocycles. The molecule has 0 aliphatic carbocycles. The Morgan fingerprint density at radius 1 is 0.161 bits per heavy atom. The topological polar surface area (TPSA) is 0 Å². The minimum Gasteiger partial charge on any atom is -0.0715 e. The van der Waals surface area contributed by atoms with Crippen LogP contribution in [-0.4, -0.2) is 97.6 Å². The highest BCUT2D eigenvalue weighted by molar-refractivity contribution is 8.95. The summed E-state index contributed by atoms with van der Waals surface area (Å²) in [5.74, 6) is 0. The van der Waals surface area contributed by atoms with Crippen LogP contribution in [0.25, 0.3) is 0 Å². The van der Waals surface area contributed by atoms with E-state index in [1.54, 1.807) is 0 Å². The van der Waals surface area contributed by atoms with Crippen LogP contribution < -0.4 is 0 Å². The Hall–Kier alpha value is 3.04. The molecule has 368 valence electrons. The second kappa shape index (κ2) is 14.0. The molecular weight excluding hydrogens is 970 g/mol. The van der Waals surface area contributed by atoms with E-state index in [1.807, 2.05) is 0 Å². The van der Waals surface area contributed by atoms with Crippen molar-refractivity contribution in [3.8, 4) is 0 Å². The summed E-state index contributed by atoms with van der Waals surface area (Å²) in [7, 11) is -15.7. The number of hydrogen-bond acceptors (Lipinski definition) is 0. The van der Waals surface area contributed by atoms with Gasteiger partial charge in [0.2, 0.25) is 0 Å². The first-order valence-electron chi connectivity index (χ1n) is 26.0. The Kier molecular flexibility index (Phi) is 13.4. The van der Waals surface area contributed by atoms with Crippen LogP contribution in [0.3, 0.4) is 0 Å². The van der Waals surface area contributed by atoms with Crippen LogP contribution in [0.1, 0.15) is 166 Å². The summed E-state index contributed by atoms with van der Waals surface area (Å²) in [6.07, 6.45) is -12.1. The van der Waals surface area contributed by atoms with Crippen molar-refractivity contribution in [2.24, 2.45) is 0 Å². The largest absolute Gasteiger partial charge is 0.0715 e. The molecule has 0 amide bonds. The van der Waals surface area contributed by atoms with Crippen molar-refractivity contribution in [2.75, 3.05) is 0 Å². The third-order valence-corrected chi connectivity index (χ3v) is 630. The van der Waals surface area contributed by atoms with Crippen molar-refractivity contribution in [3.63, 3.8) is 0 Å². The van der Waals surface area contributed by atoms with E-state index in [0.29, 0.717) is 40.3 Å². The zero-order valence-electron chi connectivity index (χ0n) is 51.0. The lowest BCUT2D eigenvalue weighted by atomic mass is 10.2. The summed E-state index contributed by atoms with van der Waals surface area (Å²) in [4.78, 5) is 0. The van der Waals surface area contributed by atoms with E-state index in [-0.39, 0.29) is 0 Å². The molecule has 5 saturated heterocycles. The van der Waals surface area contributed by atoms with Gasteiger partial charge in [0.15, 0.2) is 0 Å². The summed E-state index contributed by atoms with van der Waals surface area (Å²) >= 11 is 0. The highest BCUT2D eigenvalue weighted by Crippen LogP contribution is 2.99. The van der Waals surface area contributed by atoms with E-state index >= 15 is 0 Å². The average Bonchev–Trinajstić information content (AvgIpc) is 2.88. The molecule has 0 N–H and O–H groups in total. The van der Waals surface area contributed by atoms with Crippen molar-refractivity contribution in [2.45, 2.75) is 311 Å². The first-order chi connectivity index (χ1) is 26.0. The van der Waals surface area contributed by atoms with Crippen molar-refractivity contribution < 1.29 is 0 Å². The van der Waals surface area contributed by atoms with Gasteiger partial charge in [-0.05, 0) is 40.3 Å². The van der Waals surface area contributed by atoms with Gasteiger partial charge < -0.3 is 0 Å². The Bertz CT molecular complexity index is 1520. The lowest BCUT2D eigenvalue weighted by Crippen LogP contribution is -3.62. The van der Waals surface area contributed by atoms with E-state index in [2.05, 4.69) is 271 Å². The van der Waals surface area contributed by atoms with Crippen molar-refractivity contribution >= 4 is 97.6 Å². The van der Waals surface area contributed by atoms with Gasteiger partial charge in [-0.25, -0.2) is 0 Å². The van der Waals surface area contributed by atoms with E-state index in [9.17, 15) is 0 Å². The lowest BCUT2D eigenvalue weighted by Gasteiger charge is -3.27. The van der Waals surface area contributed by atoms with Crippen LogP contribution in [0.5, 0.6) is 0 Å². The maximum Gasteiger partial charge on any atom is 0.0382 e. The third kappa shape index (κ3) is 5.06. The lowest BCUT2D eigenvalue weighted by molar-refractivity contribution is 0.721. The predicted molar refractivity (Wildman–Crippen MR) is 332 cm³/mol. The summed E-state index contributed by atoms with van der Waals surface area (Å²) in [6.45, 7) is 124. The van der Waals surface area contributed by atoms with Crippen LogP contribution in [0.4, 0.5) is 0 Å². The molecule has 0 nitrogen and oxygen atoms in total. The van der Waals surface area contributed by atoms with E-state index in [0.717, 1.165) is 0 Å². The molecule has 0 saturated carbocycles. The molecule has 5 fully saturated rings. The van der Waals surface area contributed by atoms with E-state index < -0.39 is 97.6 Å². The zero-order chi connectivity index (χ0) is 51.0. The number of hydrogen-bond donors (Lipinski definition) is 0. The van der Waals surface area contributed by atoms with Gasteiger partial charge in [-0.3, -0.25) is 0 Å². The van der Waals surface area contributed by atoms with Crippen LogP contribution >= 0.6 is 0 Å². The van der Waals surface area contributed by atoms with Crippen LogP contribution in [0.15, 0.2) is 0 Å². The molecule has 0 atom stereocenters. The van der Waals surface area contributed by atoms with Gasteiger partial charge in [0.05, 0.1) is 0 Å². The quantitative estimate of drug-likeness (QED) is 0.213. The maximum atomic E-state index is 3.35. The van der Waals surface area contributed by atoms with Crippen LogP contribution in [-0.2, 0) is 0 Å². The third-order valence-electron chi connectivity index (χ3n) is 27.0. The van der Waals surface area contributed by atoms with E-state index in [4.69, 9.17) is 0 Å². The van der Waals surface area contributed by atoms with Crippen molar-refractivity contribution in [1.82, 2.24) is 0 Å². The normalized spacial score (nSPS) is 29.8. The maximum absolute atomic E-state index is 3.35. The highest BCUT2D eigenvalue weighted by Gasteiger charge is 3.32. The van der Waals surface area contributed by atoms with Crippen LogP contribution in [0, 0.1) is 0 Å². The highest BCUT2D eigenvalue weighted by atomic mass is 31.2. The van der Waals surface area contributed by atoms with Gasteiger partial charge in [0, 0.05) is 97.6 Å². The van der Waals surface area contributed by atoms with Crippen LogP contribution in [0.2, 0.25) is 145 Å². The van der Waals surface area contributed by atoms with Gasteiger partial charge in [0.1, 0.15) is 0 Å². The summed E-state index contributed by atoms with van der Waals surface area (Å²) in [5.41, 5.74) is 0. The molecule has 14 heteroatoms. The summed E-state index contributed by atoms with van der Waals surface area (Å²) in [6, 6.07) is 0. The first kappa shape index (κ1) is 59.3. The van der Waals surface area contributed by atoms with Gasteiger partial charge in [0.25, 0.3) is 0 Å². The van der Waals surface area contributed by atoms with Crippen molar-refractivity contribution in [1.29, 1.82) is 0 Å². The average molecular weight is 1090 g/mol. The molecule has 0 aromatic rings. The molecule has 62 heavy (non-hydrogen) atoms. The second-order valence-corrected chi connectivity index (χ2v) is 220. The molecule has 5 aliphatic rings. The standard InChI is InChI=1S/C48H120Si14/c1-41(2,3)49(25,26)57(50(27,28)42(4,5)6)59(53(33,34)45(13,14)15)61(55(37,38)47(19,20)21)58(51(29,30)43(7,8)9,52(31,32)44(10,11)12)62(59,56(39,40)48(22,23)24)60(57,61)54(35,36)46(16,17)18/h1-40H3. The molecule has 0 spiro atoms. The fourth-order valence-electron chi connectivity index (χ4n) is 19.1. The minimum atomic E-state index is -2.03.